The van der Waals surface area contributed by atoms with E-state index in [0.717, 1.165) is 25.0 Å². The molecule has 2 aromatic carbocycles. The third-order valence-corrected chi connectivity index (χ3v) is 4.99. The Kier molecular flexibility index (Phi) is 3.46. The molecule has 0 aliphatic rings. The second-order valence-electron chi connectivity index (χ2n) is 4.35. The first-order chi connectivity index (χ1) is 9.63. The fraction of sp³-hybridized carbons (Fsp3) is 0.0667. The van der Waals surface area contributed by atoms with Crippen LogP contribution in [0.4, 0.5) is 0 Å². The quantitative estimate of drug-likeness (QED) is 0.776. The van der Waals surface area contributed by atoms with Crippen LogP contribution in [0.3, 0.4) is 0 Å². The van der Waals surface area contributed by atoms with Crippen molar-refractivity contribution in [2.24, 2.45) is 0 Å². The van der Waals surface area contributed by atoms with Gasteiger partial charge in [0.1, 0.15) is 0 Å². The molecule has 0 radical (unpaired) electrons. The standard InChI is InChI=1S/C15H11NO2S2/c1-9-6-7-10(14(17)18)13(8-9)20-15-16-11-4-2-3-5-12(11)19-15/h2-8H,1H3,(H,17,18). The van der Waals surface area contributed by atoms with E-state index in [1.165, 1.54) is 11.8 Å². The van der Waals surface area contributed by atoms with E-state index in [4.69, 9.17) is 0 Å². The van der Waals surface area contributed by atoms with Gasteiger partial charge in [-0.25, -0.2) is 9.78 Å². The Bertz CT molecular complexity index is 762. The number of benzene rings is 2. The van der Waals surface area contributed by atoms with Gasteiger partial charge in [0.25, 0.3) is 0 Å². The van der Waals surface area contributed by atoms with Crippen molar-refractivity contribution in [3.63, 3.8) is 0 Å². The van der Waals surface area contributed by atoms with Crippen LogP contribution in [0.1, 0.15) is 15.9 Å². The van der Waals surface area contributed by atoms with Crippen LogP contribution >= 0.6 is 23.1 Å². The highest BCUT2D eigenvalue weighted by atomic mass is 32.2. The lowest BCUT2D eigenvalue weighted by Crippen LogP contribution is -1.98. The normalized spacial score (nSPS) is 10.8. The van der Waals surface area contributed by atoms with Crippen LogP contribution in [0.5, 0.6) is 0 Å². The van der Waals surface area contributed by atoms with E-state index >= 15 is 0 Å². The van der Waals surface area contributed by atoms with Gasteiger partial charge in [0.15, 0.2) is 4.34 Å². The average Bonchev–Trinajstić information content (AvgIpc) is 2.80. The van der Waals surface area contributed by atoms with Crippen molar-refractivity contribution in [1.82, 2.24) is 4.98 Å². The molecule has 3 nitrogen and oxygen atoms in total. The Morgan fingerprint density at radius 2 is 2.05 bits per heavy atom. The molecule has 0 aliphatic heterocycles. The molecular weight excluding hydrogens is 290 g/mol. The summed E-state index contributed by atoms with van der Waals surface area (Å²) >= 11 is 2.99. The predicted molar refractivity (Wildman–Crippen MR) is 81.9 cm³/mol. The molecule has 0 saturated heterocycles. The van der Waals surface area contributed by atoms with Crippen molar-refractivity contribution < 1.29 is 9.90 Å². The second kappa shape index (κ2) is 5.26. The molecule has 0 aliphatic carbocycles. The number of carbonyl (C=O) groups is 1. The van der Waals surface area contributed by atoms with Gasteiger partial charge < -0.3 is 5.11 Å². The monoisotopic (exact) mass is 301 g/mol. The number of aromatic nitrogens is 1. The van der Waals surface area contributed by atoms with E-state index < -0.39 is 5.97 Å². The number of fused-ring (bicyclic) bond motifs is 1. The summed E-state index contributed by atoms with van der Waals surface area (Å²) in [5.74, 6) is -0.909. The van der Waals surface area contributed by atoms with Crippen LogP contribution in [0, 0.1) is 6.92 Å². The molecular formula is C15H11NO2S2. The minimum absolute atomic E-state index is 0.319. The minimum Gasteiger partial charge on any atom is -0.478 e. The van der Waals surface area contributed by atoms with Crippen molar-refractivity contribution in [3.8, 4) is 0 Å². The van der Waals surface area contributed by atoms with Crippen LogP contribution in [-0.2, 0) is 0 Å². The number of nitrogens with zero attached hydrogens (tertiary/aromatic N) is 1. The first kappa shape index (κ1) is 13.1. The Balaban J connectivity index is 2.01. The van der Waals surface area contributed by atoms with Crippen LogP contribution < -0.4 is 0 Å². The van der Waals surface area contributed by atoms with E-state index in [1.54, 1.807) is 17.4 Å². The summed E-state index contributed by atoms with van der Waals surface area (Å²) in [5, 5.41) is 9.24. The number of hydrogen-bond donors (Lipinski definition) is 1. The maximum atomic E-state index is 11.3. The van der Waals surface area contributed by atoms with Crippen molar-refractivity contribution in [2.75, 3.05) is 0 Å². The van der Waals surface area contributed by atoms with Gasteiger partial charge in [-0.1, -0.05) is 30.0 Å². The van der Waals surface area contributed by atoms with Crippen LogP contribution in [0.25, 0.3) is 10.2 Å². The number of thiazole rings is 1. The van der Waals surface area contributed by atoms with Crippen LogP contribution in [-0.4, -0.2) is 16.1 Å². The number of aryl methyl sites for hydroxylation is 1. The molecule has 20 heavy (non-hydrogen) atoms. The molecule has 0 atom stereocenters. The van der Waals surface area contributed by atoms with Crippen LogP contribution in [0.15, 0.2) is 51.7 Å². The summed E-state index contributed by atoms with van der Waals surface area (Å²) in [6.45, 7) is 1.95. The molecule has 5 heteroatoms. The lowest BCUT2D eigenvalue weighted by molar-refractivity contribution is 0.0693. The first-order valence-corrected chi connectivity index (χ1v) is 7.64. The molecule has 1 heterocycles. The molecule has 0 saturated carbocycles. The highest BCUT2D eigenvalue weighted by molar-refractivity contribution is 8.01. The zero-order valence-electron chi connectivity index (χ0n) is 10.7. The molecule has 100 valence electrons. The Morgan fingerprint density at radius 1 is 1.25 bits per heavy atom. The van der Waals surface area contributed by atoms with Crippen molar-refractivity contribution in [2.45, 2.75) is 16.2 Å². The summed E-state index contributed by atoms with van der Waals surface area (Å²) in [6.07, 6.45) is 0. The van der Waals surface area contributed by atoms with E-state index in [-0.39, 0.29) is 0 Å². The molecule has 0 bridgehead atoms. The first-order valence-electron chi connectivity index (χ1n) is 6.01. The minimum atomic E-state index is -0.909. The smallest absolute Gasteiger partial charge is 0.336 e. The zero-order valence-corrected chi connectivity index (χ0v) is 12.3. The Hall–Kier alpha value is -1.85. The molecule has 1 aromatic heterocycles. The van der Waals surface area contributed by atoms with Crippen molar-refractivity contribution in [3.05, 3.63) is 53.6 Å². The number of para-hydroxylation sites is 1. The van der Waals surface area contributed by atoms with E-state index in [9.17, 15) is 9.90 Å². The molecule has 0 fully saturated rings. The zero-order chi connectivity index (χ0) is 14.1. The number of aromatic carboxylic acids is 1. The van der Waals surface area contributed by atoms with E-state index in [2.05, 4.69) is 4.98 Å². The number of carboxylic acids is 1. The van der Waals surface area contributed by atoms with Gasteiger partial charge in [0.2, 0.25) is 0 Å². The number of carboxylic acid groups (broad SMARTS) is 1. The summed E-state index contributed by atoms with van der Waals surface area (Å²) in [7, 11) is 0. The fourth-order valence-electron chi connectivity index (χ4n) is 1.88. The highest BCUT2D eigenvalue weighted by Crippen LogP contribution is 2.36. The fourth-order valence-corrected chi connectivity index (χ4v) is 4.12. The summed E-state index contributed by atoms with van der Waals surface area (Å²) in [5.41, 5.74) is 2.31. The lowest BCUT2D eigenvalue weighted by atomic mass is 10.1. The maximum absolute atomic E-state index is 11.3. The Labute approximate surface area is 124 Å². The van der Waals surface area contributed by atoms with Crippen molar-refractivity contribution >= 4 is 39.3 Å². The third-order valence-electron chi connectivity index (χ3n) is 2.84. The lowest BCUT2D eigenvalue weighted by Gasteiger charge is -2.04. The number of rotatable bonds is 3. The predicted octanol–water partition coefficient (Wildman–Crippen LogP) is 4.45. The molecule has 0 amide bonds. The third kappa shape index (κ3) is 2.55. The SMILES string of the molecule is Cc1ccc(C(=O)O)c(Sc2nc3ccccc3s2)c1. The van der Waals surface area contributed by atoms with Gasteiger partial charge in [0.05, 0.1) is 15.8 Å². The topological polar surface area (TPSA) is 50.2 Å². The van der Waals surface area contributed by atoms with Gasteiger partial charge >= 0.3 is 5.97 Å². The molecule has 1 N–H and O–H groups in total. The van der Waals surface area contributed by atoms with Crippen LogP contribution in [0.2, 0.25) is 0 Å². The molecule has 3 rings (SSSR count). The van der Waals surface area contributed by atoms with E-state index in [0.29, 0.717) is 5.56 Å². The molecule has 0 spiro atoms. The molecule has 3 aromatic rings. The Morgan fingerprint density at radius 3 is 2.80 bits per heavy atom. The maximum Gasteiger partial charge on any atom is 0.336 e. The van der Waals surface area contributed by atoms with Gasteiger partial charge in [-0.15, -0.1) is 11.3 Å². The molecule has 0 unspecified atom stereocenters. The van der Waals surface area contributed by atoms with Gasteiger partial charge in [-0.05, 0) is 36.8 Å². The van der Waals surface area contributed by atoms with Gasteiger partial charge in [-0.3, -0.25) is 0 Å². The summed E-state index contributed by atoms with van der Waals surface area (Å²) < 4.78 is 1.97. The largest absolute Gasteiger partial charge is 0.478 e. The van der Waals surface area contributed by atoms with Crippen molar-refractivity contribution in [1.29, 1.82) is 0 Å². The average molecular weight is 301 g/mol. The van der Waals surface area contributed by atoms with E-state index in [1.807, 2.05) is 43.3 Å². The van der Waals surface area contributed by atoms with Gasteiger partial charge in [0, 0.05) is 4.90 Å². The second-order valence-corrected chi connectivity index (χ2v) is 6.67. The summed E-state index contributed by atoms with van der Waals surface area (Å²) in [4.78, 5) is 16.5. The number of hydrogen-bond acceptors (Lipinski definition) is 4. The highest BCUT2D eigenvalue weighted by Gasteiger charge is 2.13. The summed E-state index contributed by atoms with van der Waals surface area (Å²) in [6, 6.07) is 13.3. The van der Waals surface area contributed by atoms with Gasteiger partial charge in [-0.2, -0.15) is 0 Å².